The Balaban J connectivity index is 2.11. The third kappa shape index (κ3) is 2.65. The van der Waals surface area contributed by atoms with Crippen molar-refractivity contribution in [2.75, 3.05) is 6.61 Å². The van der Waals surface area contributed by atoms with Crippen LogP contribution in [-0.4, -0.2) is 23.7 Å². The Kier molecular flexibility index (Phi) is 3.76. The topological polar surface area (TPSA) is 72.5 Å². The van der Waals surface area contributed by atoms with Gasteiger partial charge in [0.1, 0.15) is 12.1 Å². The largest absolute Gasteiger partial charge is 0.456 e. The molecule has 0 fully saturated rings. The minimum atomic E-state index is -0.941. The summed E-state index contributed by atoms with van der Waals surface area (Å²) in [5.41, 5.74) is 7.73. The summed E-state index contributed by atoms with van der Waals surface area (Å²) in [6, 6.07) is 7.03. The van der Waals surface area contributed by atoms with Crippen LogP contribution in [0.4, 0.5) is 0 Å². The maximum atomic E-state index is 11.5. The summed E-state index contributed by atoms with van der Waals surface area (Å²) in [5, 5.41) is 8.80. The van der Waals surface area contributed by atoms with Gasteiger partial charge >= 0.3 is 5.97 Å². The molecule has 0 saturated carbocycles. The van der Waals surface area contributed by atoms with Crippen molar-refractivity contribution in [1.82, 2.24) is 0 Å². The minimum Gasteiger partial charge on any atom is -0.456 e. The summed E-state index contributed by atoms with van der Waals surface area (Å²) in [7, 11) is 0. The van der Waals surface area contributed by atoms with Gasteiger partial charge in [0.25, 0.3) is 0 Å². The zero-order valence-corrected chi connectivity index (χ0v) is 9.63. The number of aryl methyl sites for hydroxylation is 1. The number of nitrogens with two attached hydrogens (primary N) is 1. The van der Waals surface area contributed by atoms with E-state index < -0.39 is 12.0 Å². The maximum Gasteiger partial charge on any atom is 0.325 e. The number of esters is 1. The Morgan fingerprint density at radius 1 is 1.53 bits per heavy atom. The molecule has 1 aromatic rings. The third-order valence-corrected chi connectivity index (χ3v) is 3.07. The number of aliphatic hydroxyl groups is 1. The molecule has 0 aromatic heterocycles. The van der Waals surface area contributed by atoms with Gasteiger partial charge in [-0.15, -0.1) is 0 Å². The molecule has 1 aliphatic carbocycles. The third-order valence-electron chi connectivity index (χ3n) is 3.07. The Morgan fingerprint density at radius 2 is 2.29 bits per heavy atom. The molecule has 4 heteroatoms. The standard InChI is InChI=1S/C13H17NO3/c14-11(8-15)13(16)17-12-7-3-5-9-4-1-2-6-10(9)12/h1-2,4,6,11-12,15H,3,5,7-8,14H2. The van der Waals surface area contributed by atoms with Crippen molar-refractivity contribution in [3.8, 4) is 0 Å². The zero-order valence-electron chi connectivity index (χ0n) is 9.63. The second-order valence-electron chi connectivity index (χ2n) is 4.31. The lowest BCUT2D eigenvalue weighted by molar-refractivity contribution is -0.152. The summed E-state index contributed by atoms with van der Waals surface area (Å²) in [6.45, 7) is -0.382. The molecular weight excluding hydrogens is 218 g/mol. The van der Waals surface area contributed by atoms with E-state index in [-0.39, 0.29) is 12.7 Å². The van der Waals surface area contributed by atoms with Gasteiger partial charge in [0.15, 0.2) is 0 Å². The lowest BCUT2D eigenvalue weighted by atomic mass is 9.89. The number of aliphatic hydroxyl groups excluding tert-OH is 1. The molecule has 0 heterocycles. The first-order chi connectivity index (χ1) is 8.22. The van der Waals surface area contributed by atoms with Gasteiger partial charge in [-0.1, -0.05) is 24.3 Å². The molecule has 0 aliphatic heterocycles. The first-order valence-electron chi connectivity index (χ1n) is 5.87. The van der Waals surface area contributed by atoms with Crippen LogP contribution in [0.2, 0.25) is 0 Å². The second kappa shape index (κ2) is 5.29. The van der Waals surface area contributed by atoms with E-state index >= 15 is 0 Å². The fourth-order valence-electron chi connectivity index (χ4n) is 2.13. The van der Waals surface area contributed by atoms with E-state index in [0.29, 0.717) is 0 Å². The number of carbonyl (C=O) groups excluding carboxylic acids is 1. The van der Waals surface area contributed by atoms with E-state index in [1.165, 1.54) is 5.56 Å². The first-order valence-corrected chi connectivity index (χ1v) is 5.87. The molecule has 1 aromatic carbocycles. The van der Waals surface area contributed by atoms with Crippen LogP contribution >= 0.6 is 0 Å². The van der Waals surface area contributed by atoms with Crippen LogP contribution < -0.4 is 5.73 Å². The van der Waals surface area contributed by atoms with E-state index in [1.54, 1.807) is 0 Å². The molecule has 0 radical (unpaired) electrons. The SMILES string of the molecule is NC(CO)C(=O)OC1CCCc2ccccc21. The Morgan fingerprint density at radius 3 is 3.06 bits per heavy atom. The Hall–Kier alpha value is -1.39. The van der Waals surface area contributed by atoms with Crippen molar-refractivity contribution >= 4 is 5.97 Å². The van der Waals surface area contributed by atoms with E-state index in [0.717, 1.165) is 24.8 Å². The average molecular weight is 235 g/mol. The number of rotatable bonds is 3. The number of benzene rings is 1. The molecular formula is C13H17NO3. The van der Waals surface area contributed by atoms with E-state index in [9.17, 15) is 4.79 Å². The number of ether oxygens (including phenoxy) is 1. The highest BCUT2D eigenvalue weighted by atomic mass is 16.5. The highest BCUT2D eigenvalue weighted by molar-refractivity contribution is 5.75. The van der Waals surface area contributed by atoms with Crippen molar-refractivity contribution in [3.63, 3.8) is 0 Å². The molecule has 4 nitrogen and oxygen atoms in total. The summed E-state index contributed by atoms with van der Waals surface area (Å²) in [6.07, 6.45) is 2.63. The summed E-state index contributed by atoms with van der Waals surface area (Å²) in [5.74, 6) is -0.533. The smallest absolute Gasteiger partial charge is 0.325 e. The summed E-state index contributed by atoms with van der Waals surface area (Å²) < 4.78 is 5.35. The van der Waals surface area contributed by atoms with Crippen molar-refractivity contribution in [3.05, 3.63) is 35.4 Å². The van der Waals surface area contributed by atoms with Gasteiger partial charge in [0.2, 0.25) is 0 Å². The van der Waals surface area contributed by atoms with Crippen molar-refractivity contribution < 1.29 is 14.6 Å². The molecule has 0 spiro atoms. The van der Waals surface area contributed by atoms with E-state index in [4.69, 9.17) is 15.6 Å². The summed E-state index contributed by atoms with van der Waals surface area (Å²) >= 11 is 0. The molecule has 0 bridgehead atoms. The van der Waals surface area contributed by atoms with Gasteiger partial charge in [-0.2, -0.15) is 0 Å². The Bertz CT molecular complexity index is 405. The lowest BCUT2D eigenvalue weighted by Gasteiger charge is -2.26. The molecule has 2 rings (SSSR count). The zero-order chi connectivity index (χ0) is 12.3. The van der Waals surface area contributed by atoms with Gasteiger partial charge in [-0.3, -0.25) is 4.79 Å². The highest BCUT2D eigenvalue weighted by Gasteiger charge is 2.25. The average Bonchev–Trinajstić information content (AvgIpc) is 2.38. The van der Waals surface area contributed by atoms with Crippen LogP contribution in [0.1, 0.15) is 30.1 Å². The van der Waals surface area contributed by atoms with Crippen LogP contribution in [-0.2, 0) is 16.0 Å². The van der Waals surface area contributed by atoms with Crippen molar-refractivity contribution in [1.29, 1.82) is 0 Å². The van der Waals surface area contributed by atoms with E-state index in [1.807, 2.05) is 18.2 Å². The van der Waals surface area contributed by atoms with Gasteiger partial charge in [-0.05, 0) is 30.4 Å². The molecule has 1 aliphatic rings. The molecule has 0 amide bonds. The monoisotopic (exact) mass is 235 g/mol. The van der Waals surface area contributed by atoms with Crippen molar-refractivity contribution in [2.24, 2.45) is 5.73 Å². The van der Waals surface area contributed by atoms with Gasteiger partial charge in [0, 0.05) is 0 Å². The number of carbonyl (C=O) groups is 1. The molecule has 0 saturated heterocycles. The number of hydrogen-bond acceptors (Lipinski definition) is 4. The maximum absolute atomic E-state index is 11.5. The van der Waals surface area contributed by atoms with Gasteiger partial charge in [0.05, 0.1) is 6.61 Å². The molecule has 92 valence electrons. The highest BCUT2D eigenvalue weighted by Crippen LogP contribution is 2.32. The fraction of sp³-hybridized carbons (Fsp3) is 0.462. The predicted octanol–water partition coefficient (Wildman–Crippen LogP) is 0.927. The van der Waals surface area contributed by atoms with Crippen LogP contribution in [0, 0.1) is 0 Å². The predicted molar refractivity (Wildman–Crippen MR) is 63.3 cm³/mol. The van der Waals surface area contributed by atoms with Crippen molar-refractivity contribution in [2.45, 2.75) is 31.4 Å². The molecule has 3 N–H and O–H groups in total. The fourth-order valence-corrected chi connectivity index (χ4v) is 2.13. The molecule has 2 atom stereocenters. The van der Waals surface area contributed by atoms with Crippen LogP contribution in [0.3, 0.4) is 0 Å². The molecule has 2 unspecified atom stereocenters. The van der Waals surface area contributed by atoms with Gasteiger partial charge in [-0.25, -0.2) is 0 Å². The minimum absolute atomic E-state index is 0.218. The van der Waals surface area contributed by atoms with Crippen LogP contribution in [0.5, 0.6) is 0 Å². The van der Waals surface area contributed by atoms with Crippen LogP contribution in [0.15, 0.2) is 24.3 Å². The second-order valence-corrected chi connectivity index (χ2v) is 4.31. The summed E-state index contributed by atoms with van der Waals surface area (Å²) in [4.78, 5) is 11.5. The van der Waals surface area contributed by atoms with Crippen LogP contribution in [0.25, 0.3) is 0 Å². The molecule has 17 heavy (non-hydrogen) atoms. The first kappa shape index (κ1) is 12.1. The van der Waals surface area contributed by atoms with Gasteiger partial charge < -0.3 is 15.6 Å². The lowest BCUT2D eigenvalue weighted by Crippen LogP contribution is -2.36. The normalized spacial score (nSPS) is 20.5. The van der Waals surface area contributed by atoms with E-state index in [2.05, 4.69) is 6.07 Å². The quantitative estimate of drug-likeness (QED) is 0.764. The Labute approximate surface area is 100 Å². The number of hydrogen-bond donors (Lipinski definition) is 2. The number of fused-ring (bicyclic) bond motifs is 1.